The molecule has 1 heterocycles. The Hall–Kier alpha value is -2.23. The summed E-state index contributed by atoms with van der Waals surface area (Å²) in [4.78, 5) is 11.8. The van der Waals surface area contributed by atoms with Gasteiger partial charge in [0.15, 0.2) is 0 Å². The summed E-state index contributed by atoms with van der Waals surface area (Å²) in [5.74, 6) is -0.317. The van der Waals surface area contributed by atoms with E-state index in [0.29, 0.717) is 12.1 Å². The summed E-state index contributed by atoms with van der Waals surface area (Å²) < 4.78 is 6.94. The van der Waals surface area contributed by atoms with Gasteiger partial charge in [0.2, 0.25) is 0 Å². The number of aromatic nitrogens is 1. The Morgan fingerprint density at radius 3 is 2.80 bits per heavy atom. The predicted octanol–water partition coefficient (Wildman–Crippen LogP) is 3.22. The first-order chi connectivity index (χ1) is 9.63. The van der Waals surface area contributed by atoms with E-state index in [2.05, 4.69) is 29.1 Å². The minimum Gasteiger partial charge on any atom is -0.465 e. The number of carbonyl (C=O) groups is 1. The highest BCUT2D eigenvalue weighted by Gasteiger charge is 2.11. The Balaban J connectivity index is 2.14. The number of rotatable bonds is 5. The number of benzene rings is 1. The monoisotopic (exact) mass is 272 g/mol. The first-order valence-electron chi connectivity index (χ1n) is 6.71. The second kappa shape index (κ2) is 6.28. The summed E-state index contributed by atoms with van der Waals surface area (Å²) in [6, 6.07) is 7.80. The predicted molar refractivity (Wildman–Crippen MR) is 80.0 cm³/mol. The number of ether oxygens (including phenoxy) is 1. The van der Waals surface area contributed by atoms with Crippen LogP contribution in [-0.4, -0.2) is 17.6 Å². The normalized spacial score (nSPS) is 10.3. The van der Waals surface area contributed by atoms with E-state index in [1.54, 1.807) is 0 Å². The second-order valence-electron chi connectivity index (χ2n) is 4.74. The molecule has 0 radical (unpaired) electrons. The fraction of sp³-hybridized carbons (Fsp3) is 0.312. The van der Waals surface area contributed by atoms with Crippen LogP contribution in [0, 0.1) is 6.92 Å². The zero-order valence-electron chi connectivity index (χ0n) is 12.1. The quantitative estimate of drug-likeness (QED) is 0.850. The zero-order chi connectivity index (χ0) is 14.5. The summed E-state index contributed by atoms with van der Waals surface area (Å²) >= 11 is 0. The van der Waals surface area contributed by atoms with Gasteiger partial charge in [-0.05, 0) is 37.6 Å². The number of methoxy groups -OCH3 is 1. The molecule has 0 spiro atoms. The first-order valence-corrected chi connectivity index (χ1v) is 6.71. The van der Waals surface area contributed by atoms with Crippen LogP contribution in [0.25, 0.3) is 0 Å². The van der Waals surface area contributed by atoms with E-state index in [9.17, 15) is 4.79 Å². The van der Waals surface area contributed by atoms with Gasteiger partial charge in [0, 0.05) is 31.2 Å². The van der Waals surface area contributed by atoms with E-state index in [-0.39, 0.29) is 5.97 Å². The summed E-state index contributed by atoms with van der Waals surface area (Å²) in [5, 5.41) is 3.30. The molecule has 0 atom stereocenters. The Morgan fingerprint density at radius 1 is 1.35 bits per heavy atom. The molecule has 0 bridgehead atoms. The largest absolute Gasteiger partial charge is 0.465 e. The number of hydrogen-bond donors (Lipinski definition) is 1. The van der Waals surface area contributed by atoms with E-state index in [0.717, 1.165) is 17.8 Å². The summed E-state index contributed by atoms with van der Waals surface area (Å²) in [5.41, 5.74) is 3.59. The number of hydrogen-bond acceptors (Lipinski definition) is 3. The van der Waals surface area contributed by atoms with E-state index in [4.69, 9.17) is 4.74 Å². The molecule has 0 aliphatic carbocycles. The van der Waals surface area contributed by atoms with Crippen molar-refractivity contribution in [2.75, 3.05) is 12.4 Å². The average molecular weight is 272 g/mol. The summed E-state index contributed by atoms with van der Waals surface area (Å²) in [6.45, 7) is 5.70. The van der Waals surface area contributed by atoms with Crippen LogP contribution in [0.5, 0.6) is 0 Å². The van der Waals surface area contributed by atoms with E-state index in [1.165, 1.54) is 12.7 Å². The van der Waals surface area contributed by atoms with E-state index in [1.807, 2.05) is 31.3 Å². The molecule has 0 unspecified atom stereocenters. The van der Waals surface area contributed by atoms with Gasteiger partial charge in [0.25, 0.3) is 0 Å². The lowest BCUT2D eigenvalue weighted by molar-refractivity contribution is 0.0601. The molecule has 1 aromatic heterocycles. The molecule has 4 heteroatoms. The number of anilines is 1. The highest BCUT2D eigenvalue weighted by Crippen LogP contribution is 2.19. The molecule has 2 aromatic rings. The van der Waals surface area contributed by atoms with E-state index < -0.39 is 0 Å². The molecule has 106 valence electrons. The second-order valence-corrected chi connectivity index (χ2v) is 4.74. The molecule has 1 N–H and O–H groups in total. The molecule has 0 aliphatic rings. The molecule has 0 fully saturated rings. The van der Waals surface area contributed by atoms with E-state index >= 15 is 0 Å². The summed E-state index contributed by atoms with van der Waals surface area (Å²) in [7, 11) is 1.40. The number of nitrogens with zero attached hydrogens (tertiary/aromatic N) is 1. The third-order valence-electron chi connectivity index (χ3n) is 3.24. The Morgan fingerprint density at radius 2 is 2.15 bits per heavy atom. The Labute approximate surface area is 119 Å². The molecule has 0 amide bonds. The van der Waals surface area contributed by atoms with Crippen molar-refractivity contribution in [1.82, 2.24) is 4.57 Å². The third kappa shape index (κ3) is 3.20. The maximum Gasteiger partial charge on any atom is 0.339 e. The van der Waals surface area contributed by atoms with Crippen molar-refractivity contribution in [2.45, 2.75) is 26.9 Å². The topological polar surface area (TPSA) is 43.3 Å². The van der Waals surface area contributed by atoms with Crippen LogP contribution in [0.2, 0.25) is 0 Å². The van der Waals surface area contributed by atoms with Gasteiger partial charge in [-0.1, -0.05) is 11.6 Å². The molecular weight excluding hydrogens is 252 g/mol. The van der Waals surface area contributed by atoms with Gasteiger partial charge in [-0.2, -0.15) is 0 Å². The molecule has 0 saturated carbocycles. The van der Waals surface area contributed by atoms with Gasteiger partial charge in [-0.25, -0.2) is 4.79 Å². The van der Waals surface area contributed by atoms with Crippen molar-refractivity contribution in [3.8, 4) is 0 Å². The van der Waals surface area contributed by atoms with Crippen molar-refractivity contribution in [1.29, 1.82) is 0 Å². The average Bonchev–Trinajstić information content (AvgIpc) is 2.93. The molecule has 1 aromatic carbocycles. The van der Waals surface area contributed by atoms with Gasteiger partial charge < -0.3 is 14.6 Å². The van der Waals surface area contributed by atoms with Gasteiger partial charge >= 0.3 is 5.97 Å². The standard InChI is InChI=1S/C16H20N2O2/c1-4-18-8-7-13(11-18)10-17-15-6-5-12(2)9-14(15)16(19)20-3/h5-9,11,17H,4,10H2,1-3H3. The van der Waals surface area contributed by atoms with Crippen molar-refractivity contribution >= 4 is 11.7 Å². The van der Waals surface area contributed by atoms with Gasteiger partial charge in [-0.15, -0.1) is 0 Å². The lowest BCUT2D eigenvalue weighted by Gasteiger charge is -2.11. The molecule has 0 aliphatic heterocycles. The molecule has 4 nitrogen and oxygen atoms in total. The highest BCUT2D eigenvalue weighted by atomic mass is 16.5. The Kier molecular flexibility index (Phi) is 4.45. The fourth-order valence-electron chi connectivity index (χ4n) is 2.08. The molecular formula is C16H20N2O2. The minimum atomic E-state index is -0.317. The van der Waals surface area contributed by atoms with Crippen molar-refractivity contribution in [2.24, 2.45) is 0 Å². The van der Waals surface area contributed by atoms with Crippen LogP contribution in [0.4, 0.5) is 5.69 Å². The maximum atomic E-state index is 11.8. The van der Waals surface area contributed by atoms with Crippen molar-refractivity contribution in [3.63, 3.8) is 0 Å². The minimum absolute atomic E-state index is 0.317. The third-order valence-corrected chi connectivity index (χ3v) is 3.24. The maximum absolute atomic E-state index is 11.8. The van der Waals surface area contributed by atoms with Crippen LogP contribution in [0.1, 0.15) is 28.4 Å². The van der Waals surface area contributed by atoms with Crippen molar-refractivity contribution in [3.05, 3.63) is 53.3 Å². The number of carbonyl (C=O) groups excluding carboxylic acids is 1. The Bertz CT molecular complexity index is 602. The van der Waals surface area contributed by atoms with Crippen LogP contribution in [0.3, 0.4) is 0 Å². The molecule has 0 saturated heterocycles. The van der Waals surface area contributed by atoms with Crippen LogP contribution in [-0.2, 0) is 17.8 Å². The number of aryl methyl sites for hydroxylation is 2. The smallest absolute Gasteiger partial charge is 0.339 e. The number of esters is 1. The van der Waals surface area contributed by atoms with Gasteiger partial charge in [-0.3, -0.25) is 0 Å². The van der Waals surface area contributed by atoms with Crippen LogP contribution in [0.15, 0.2) is 36.7 Å². The SMILES string of the molecule is CCn1ccc(CNc2ccc(C)cc2C(=O)OC)c1. The fourth-order valence-corrected chi connectivity index (χ4v) is 2.08. The molecule has 20 heavy (non-hydrogen) atoms. The lowest BCUT2D eigenvalue weighted by atomic mass is 10.1. The highest BCUT2D eigenvalue weighted by molar-refractivity contribution is 5.95. The number of nitrogens with one attached hydrogen (secondary N) is 1. The van der Waals surface area contributed by atoms with Crippen LogP contribution >= 0.6 is 0 Å². The van der Waals surface area contributed by atoms with Gasteiger partial charge in [0.05, 0.1) is 12.7 Å². The zero-order valence-corrected chi connectivity index (χ0v) is 12.1. The first kappa shape index (κ1) is 14.2. The van der Waals surface area contributed by atoms with Gasteiger partial charge in [0.1, 0.15) is 0 Å². The summed E-state index contributed by atoms with van der Waals surface area (Å²) in [6.07, 6.45) is 4.15. The lowest BCUT2D eigenvalue weighted by Crippen LogP contribution is -2.08. The van der Waals surface area contributed by atoms with Crippen LogP contribution < -0.4 is 5.32 Å². The van der Waals surface area contributed by atoms with Crippen molar-refractivity contribution < 1.29 is 9.53 Å². The molecule has 2 rings (SSSR count).